The van der Waals surface area contributed by atoms with Crippen molar-refractivity contribution in [1.29, 1.82) is 0 Å². The van der Waals surface area contributed by atoms with Gasteiger partial charge in [0.15, 0.2) is 6.10 Å². The third kappa shape index (κ3) is 6.76. The van der Waals surface area contributed by atoms with Crippen LogP contribution in [0, 0.1) is 12.8 Å². The number of aryl methyl sites for hydroxylation is 1. The lowest BCUT2D eigenvalue weighted by atomic mass is 10.1. The molecule has 1 aliphatic heterocycles. The van der Waals surface area contributed by atoms with Crippen molar-refractivity contribution in [2.75, 3.05) is 19.7 Å². The average Bonchev–Trinajstić information content (AvgIpc) is 2.68. The van der Waals surface area contributed by atoms with Gasteiger partial charge in [-0.15, -0.1) is 0 Å². The SMILES string of the molecule is CCC(Oc1ccc(C)cc1)C(=O)N1CCNC(=O)C1CC(=O)OCCC(C)C. The molecule has 29 heavy (non-hydrogen) atoms. The van der Waals surface area contributed by atoms with E-state index in [4.69, 9.17) is 9.47 Å². The fourth-order valence-corrected chi connectivity index (χ4v) is 3.08. The summed E-state index contributed by atoms with van der Waals surface area (Å²) in [5, 5.41) is 2.73. The molecule has 7 nitrogen and oxygen atoms in total. The van der Waals surface area contributed by atoms with Gasteiger partial charge in [-0.25, -0.2) is 0 Å². The van der Waals surface area contributed by atoms with Crippen LogP contribution >= 0.6 is 0 Å². The largest absolute Gasteiger partial charge is 0.481 e. The standard InChI is InChI=1S/C22H32N2O5/c1-5-19(29-17-8-6-16(4)7-9-17)22(27)24-12-11-23-21(26)18(24)14-20(25)28-13-10-15(2)3/h6-9,15,18-19H,5,10-14H2,1-4H3,(H,23,26). The predicted molar refractivity (Wildman–Crippen MR) is 109 cm³/mol. The van der Waals surface area contributed by atoms with Crippen LogP contribution in [0.4, 0.5) is 0 Å². The van der Waals surface area contributed by atoms with Gasteiger partial charge in [0.05, 0.1) is 13.0 Å². The van der Waals surface area contributed by atoms with Crippen molar-refractivity contribution >= 4 is 17.8 Å². The van der Waals surface area contributed by atoms with Crippen LogP contribution in [0.15, 0.2) is 24.3 Å². The molecule has 7 heteroatoms. The van der Waals surface area contributed by atoms with E-state index in [9.17, 15) is 14.4 Å². The minimum atomic E-state index is -0.876. The highest BCUT2D eigenvalue weighted by Gasteiger charge is 2.38. The van der Waals surface area contributed by atoms with Gasteiger partial charge in [-0.05, 0) is 37.8 Å². The van der Waals surface area contributed by atoms with Gasteiger partial charge < -0.3 is 19.7 Å². The van der Waals surface area contributed by atoms with Crippen LogP contribution in [0.25, 0.3) is 0 Å². The van der Waals surface area contributed by atoms with Crippen molar-refractivity contribution in [1.82, 2.24) is 10.2 Å². The highest BCUT2D eigenvalue weighted by molar-refractivity contribution is 5.93. The normalized spacial score (nSPS) is 17.6. The van der Waals surface area contributed by atoms with E-state index in [1.165, 1.54) is 4.90 Å². The first-order valence-corrected chi connectivity index (χ1v) is 10.3. The Bertz CT molecular complexity index is 702. The number of nitrogens with zero attached hydrogens (tertiary/aromatic N) is 1. The molecule has 160 valence electrons. The summed E-state index contributed by atoms with van der Waals surface area (Å²) in [6.07, 6.45) is 0.337. The Hall–Kier alpha value is -2.57. The number of rotatable bonds is 9. The Labute approximate surface area is 172 Å². The van der Waals surface area contributed by atoms with Crippen molar-refractivity contribution in [2.45, 2.75) is 59.1 Å². The van der Waals surface area contributed by atoms with Crippen molar-refractivity contribution in [2.24, 2.45) is 5.92 Å². The number of esters is 1. The van der Waals surface area contributed by atoms with Gasteiger partial charge in [-0.2, -0.15) is 0 Å². The summed E-state index contributed by atoms with van der Waals surface area (Å²) in [4.78, 5) is 39.1. The molecule has 1 aliphatic rings. The molecule has 0 aromatic heterocycles. The summed E-state index contributed by atoms with van der Waals surface area (Å²) >= 11 is 0. The first-order chi connectivity index (χ1) is 13.8. The van der Waals surface area contributed by atoms with Gasteiger partial charge in [-0.1, -0.05) is 38.5 Å². The Morgan fingerprint density at radius 2 is 1.93 bits per heavy atom. The Balaban J connectivity index is 2.04. The second-order valence-corrected chi connectivity index (χ2v) is 7.77. The molecule has 1 saturated heterocycles. The average molecular weight is 405 g/mol. The monoisotopic (exact) mass is 404 g/mol. The quantitative estimate of drug-likeness (QED) is 0.639. The number of carbonyl (C=O) groups is 3. The van der Waals surface area contributed by atoms with Crippen LogP contribution in [-0.4, -0.2) is 54.5 Å². The summed E-state index contributed by atoms with van der Waals surface area (Å²) in [6.45, 7) is 8.92. The summed E-state index contributed by atoms with van der Waals surface area (Å²) in [7, 11) is 0. The number of hydrogen-bond donors (Lipinski definition) is 1. The van der Waals surface area contributed by atoms with E-state index in [1.807, 2.05) is 52.0 Å². The van der Waals surface area contributed by atoms with Gasteiger partial charge in [0.2, 0.25) is 5.91 Å². The molecule has 0 bridgehead atoms. The fraction of sp³-hybridized carbons (Fsp3) is 0.591. The van der Waals surface area contributed by atoms with E-state index in [1.54, 1.807) is 0 Å². The first kappa shape index (κ1) is 22.7. The molecular weight excluding hydrogens is 372 g/mol. The zero-order valence-corrected chi connectivity index (χ0v) is 17.8. The predicted octanol–water partition coefficient (Wildman–Crippen LogP) is 2.46. The maximum atomic E-state index is 13.1. The molecule has 1 fully saturated rings. The van der Waals surface area contributed by atoms with E-state index in [0.29, 0.717) is 37.8 Å². The lowest BCUT2D eigenvalue weighted by Gasteiger charge is -2.36. The second kappa shape index (κ2) is 10.8. The molecule has 2 rings (SSSR count). The second-order valence-electron chi connectivity index (χ2n) is 7.77. The number of hydrogen-bond acceptors (Lipinski definition) is 5. The minimum Gasteiger partial charge on any atom is -0.481 e. The van der Waals surface area contributed by atoms with Crippen LogP contribution in [0.2, 0.25) is 0 Å². The summed E-state index contributed by atoms with van der Waals surface area (Å²) in [5.74, 6) is -0.0819. The van der Waals surface area contributed by atoms with Crippen LogP contribution in [-0.2, 0) is 19.1 Å². The lowest BCUT2D eigenvalue weighted by Crippen LogP contribution is -2.60. The van der Waals surface area contributed by atoms with Crippen molar-refractivity contribution < 1.29 is 23.9 Å². The van der Waals surface area contributed by atoms with E-state index in [-0.39, 0.29) is 18.2 Å². The molecule has 0 radical (unpaired) electrons. The Kier molecular flexibility index (Phi) is 8.49. The number of ether oxygens (including phenoxy) is 2. The highest BCUT2D eigenvalue weighted by Crippen LogP contribution is 2.19. The molecule has 2 atom stereocenters. The third-order valence-electron chi connectivity index (χ3n) is 4.88. The molecule has 2 unspecified atom stereocenters. The molecule has 1 heterocycles. The van der Waals surface area contributed by atoms with Crippen molar-refractivity contribution in [3.63, 3.8) is 0 Å². The van der Waals surface area contributed by atoms with Gasteiger partial charge >= 0.3 is 5.97 Å². The van der Waals surface area contributed by atoms with Crippen LogP contribution in [0.3, 0.4) is 0 Å². The summed E-state index contributed by atoms with van der Waals surface area (Å²) in [5.41, 5.74) is 1.10. The van der Waals surface area contributed by atoms with Gasteiger partial charge in [0.1, 0.15) is 11.8 Å². The van der Waals surface area contributed by atoms with Crippen LogP contribution < -0.4 is 10.1 Å². The molecule has 1 aromatic carbocycles. The van der Waals surface area contributed by atoms with Gasteiger partial charge in [-0.3, -0.25) is 14.4 Å². The number of piperazine rings is 1. The van der Waals surface area contributed by atoms with E-state index in [0.717, 1.165) is 12.0 Å². The highest BCUT2D eigenvalue weighted by atomic mass is 16.5. The Morgan fingerprint density at radius 1 is 1.24 bits per heavy atom. The number of nitrogens with one attached hydrogen (secondary N) is 1. The molecular formula is C22H32N2O5. The maximum Gasteiger partial charge on any atom is 0.308 e. The van der Waals surface area contributed by atoms with E-state index in [2.05, 4.69) is 5.32 Å². The zero-order valence-electron chi connectivity index (χ0n) is 17.8. The summed E-state index contributed by atoms with van der Waals surface area (Å²) < 4.78 is 11.1. The first-order valence-electron chi connectivity index (χ1n) is 10.3. The molecule has 1 N–H and O–H groups in total. The number of carbonyl (C=O) groups excluding carboxylic acids is 3. The van der Waals surface area contributed by atoms with E-state index >= 15 is 0 Å². The molecule has 0 aliphatic carbocycles. The summed E-state index contributed by atoms with van der Waals surface area (Å²) in [6, 6.07) is 6.59. The number of amides is 2. The van der Waals surface area contributed by atoms with Crippen molar-refractivity contribution in [3.8, 4) is 5.75 Å². The van der Waals surface area contributed by atoms with Gasteiger partial charge in [0, 0.05) is 13.1 Å². The number of benzene rings is 1. The maximum absolute atomic E-state index is 13.1. The minimum absolute atomic E-state index is 0.156. The smallest absolute Gasteiger partial charge is 0.308 e. The lowest BCUT2D eigenvalue weighted by molar-refractivity contribution is -0.154. The third-order valence-corrected chi connectivity index (χ3v) is 4.88. The molecule has 2 amide bonds. The van der Waals surface area contributed by atoms with Gasteiger partial charge in [0.25, 0.3) is 5.91 Å². The molecule has 0 spiro atoms. The van der Waals surface area contributed by atoms with E-state index < -0.39 is 18.1 Å². The van der Waals surface area contributed by atoms with Crippen LogP contribution in [0.1, 0.15) is 45.6 Å². The Morgan fingerprint density at radius 3 is 2.55 bits per heavy atom. The topological polar surface area (TPSA) is 84.9 Å². The molecule has 1 aromatic rings. The van der Waals surface area contributed by atoms with Crippen LogP contribution in [0.5, 0.6) is 5.75 Å². The molecule has 0 saturated carbocycles. The van der Waals surface area contributed by atoms with Crippen molar-refractivity contribution in [3.05, 3.63) is 29.8 Å². The fourth-order valence-electron chi connectivity index (χ4n) is 3.08. The zero-order chi connectivity index (χ0) is 21.4.